The minimum absolute atomic E-state index is 0.328. The molecule has 2 heteroatoms. The van der Waals surface area contributed by atoms with Gasteiger partial charge in [-0.2, -0.15) is 0 Å². The molecular weight excluding hydrogens is 176 g/mol. The highest BCUT2D eigenvalue weighted by Gasteiger charge is 2.44. The van der Waals surface area contributed by atoms with E-state index in [1.807, 2.05) is 0 Å². The molecule has 0 amide bonds. The van der Waals surface area contributed by atoms with Crippen molar-refractivity contribution in [3.63, 3.8) is 0 Å². The van der Waals surface area contributed by atoms with Gasteiger partial charge in [0.1, 0.15) is 0 Å². The van der Waals surface area contributed by atoms with Crippen LogP contribution in [0, 0.1) is 17.8 Å². The Balaban J connectivity index is 2.81. The maximum Gasteiger partial charge on any atom is 0.170 e. The fourth-order valence-corrected chi connectivity index (χ4v) is 2.82. The molecule has 0 aromatic heterocycles. The minimum atomic E-state index is -0.328. The van der Waals surface area contributed by atoms with E-state index >= 15 is 0 Å². The molecule has 2 atom stereocenters. The normalized spacial score (nSPS) is 32.1. The third-order valence-corrected chi connectivity index (χ3v) is 3.66. The molecule has 0 aromatic rings. The Labute approximate surface area is 88.0 Å². The van der Waals surface area contributed by atoms with Gasteiger partial charge in [-0.25, -0.2) is 0 Å². The number of hydrogen-bond acceptors (Lipinski definition) is 2. The topological polar surface area (TPSA) is 18.5 Å². The number of hydrogen-bond donors (Lipinski definition) is 0. The average molecular weight is 200 g/mol. The third-order valence-electron chi connectivity index (χ3n) is 3.66. The van der Waals surface area contributed by atoms with Crippen LogP contribution < -0.4 is 0 Å². The van der Waals surface area contributed by atoms with Gasteiger partial charge < -0.3 is 9.47 Å². The predicted octanol–water partition coefficient (Wildman–Crippen LogP) is 3.07. The molecule has 84 valence electrons. The molecule has 0 saturated heterocycles. The van der Waals surface area contributed by atoms with Crippen molar-refractivity contribution in [2.75, 3.05) is 14.2 Å². The molecule has 0 N–H and O–H groups in total. The quantitative estimate of drug-likeness (QED) is 0.652. The van der Waals surface area contributed by atoms with Crippen LogP contribution in [0.25, 0.3) is 0 Å². The van der Waals surface area contributed by atoms with Crippen molar-refractivity contribution in [3.05, 3.63) is 0 Å². The van der Waals surface area contributed by atoms with Gasteiger partial charge in [-0.1, -0.05) is 27.2 Å². The minimum Gasteiger partial charge on any atom is -0.353 e. The largest absolute Gasteiger partial charge is 0.353 e. The smallest absolute Gasteiger partial charge is 0.170 e. The van der Waals surface area contributed by atoms with Crippen LogP contribution in [0.1, 0.15) is 40.0 Å². The molecule has 2 unspecified atom stereocenters. The highest BCUT2D eigenvalue weighted by atomic mass is 16.7. The van der Waals surface area contributed by atoms with Gasteiger partial charge in [0.25, 0.3) is 0 Å². The summed E-state index contributed by atoms with van der Waals surface area (Å²) in [7, 11) is 3.55. The molecule has 0 heterocycles. The second kappa shape index (κ2) is 4.63. The van der Waals surface area contributed by atoms with Crippen LogP contribution in [0.3, 0.4) is 0 Å². The first kappa shape index (κ1) is 12.0. The Morgan fingerprint density at radius 1 is 1.14 bits per heavy atom. The summed E-state index contributed by atoms with van der Waals surface area (Å²) < 4.78 is 11.3. The second-order valence-electron chi connectivity index (χ2n) is 4.96. The van der Waals surface area contributed by atoms with Gasteiger partial charge in [0.05, 0.1) is 0 Å². The van der Waals surface area contributed by atoms with Gasteiger partial charge in [0.2, 0.25) is 0 Å². The van der Waals surface area contributed by atoms with E-state index in [9.17, 15) is 0 Å². The van der Waals surface area contributed by atoms with E-state index in [1.165, 1.54) is 12.8 Å². The Kier molecular flexibility index (Phi) is 3.96. The Morgan fingerprint density at radius 2 is 1.71 bits per heavy atom. The summed E-state index contributed by atoms with van der Waals surface area (Å²) in [5.41, 5.74) is 0. The molecule has 0 spiro atoms. The van der Waals surface area contributed by atoms with E-state index in [0.717, 1.165) is 6.42 Å². The van der Waals surface area contributed by atoms with Gasteiger partial charge in [-0.15, -0.1) is 0 Å². The van der Waals surface area contributed by atoms with E-state index in [2.05, 4.69) is 20.8 Å². The second-order valence-corrected chi connectivity index (χ2v) is 4.96. The zero-order valence-electron chi connectivity index (χ0n) is 10.2. The van der Waals surface area contributed by atoms with Crippen molar-refractivity contribution in [3.8, 4) is 0 Å². The molecule has 0 aliphatic heterocycles. The fourth-order valence-electron chi connectivity index (χ4n) is 2.82. The summed E-state index contributed by atoms with van der Waals surface area (Å²) in [6, 6.07) is 0. The molecule has 1 aliphatic rings. The molecule has 0 bridgehead atoms. The van der Waals surface area contributed by atoms with E-state index in [0.29, 0.717) is 17.8 Å². The third kappa shape index (κ3) is 2.12. The molecule has 1 rings (SSSR count). The predicted molar refractivity (Wildman–Crippen MR) is 58.1 cm³/mol. The lowest BCUT2D eigenvalue weighted by molar-refractivity contribution is -0.269. The highest BCUT2D eigenvalue weighted by Crippen LogP contribution is 2.43. The fraction of sp³-hybridized carbons (Fsp3) is 1.00. The lowest BCUT2D eigenvalue weighted by Crippen LogP contribution is -2.48. The maximum absolute atomic E-state index is 5.65. The van der Waals surface area contributed by atoms with Crippen LogP contribution in [0.2, 0.25) is 0 Å². The first-order valence-electron chi connectivity index (χ1n) is 5.66. The maximum atomic E-state index is 5.65. The summed E-state index contributed by atoms with van der Waals surface area (Å²) in [4.78, 5) is 0. The van der Waals surface area contributed by atoms with Gasteiger partial charge in [0.15, 0.2) is 5.79 Å². The van der Waals surface area contributed by atoms with Gasteiger partial charge in [-0.05, 0) is 18.3 Å². The van der Waals surface area contributed by atoms with E-state index in [4.69, 9.17) is 9.47 Å². The van der Waals surface area contributed by atoms with Crippen LogP contribution in [-0.4, -0.2) is 20.0 Å². The Hall–Kier alpha value is -0.0800. The van der Waals surface area contributed by atoms with E-state index in [1.54, 1.807) is 14.2 Å². The van der Waals surface area contributed by atoms with Gasteiger partial charge in [0, 0.05) is 26.6 Å². The summed E-state index contributed by atoms with van der Waals surface area (Å²) in [5, 5.41) is 0. The monoisotopic (exact) mass is 200 g/mol. The molecule has 0 radical (unpaired) electrons. The van der Waals surface area contributed by atoms with Crippen molar-refractivity contribution in [1.82, 2.24) is 0 Å². The summed E-state index contributed by atoms with van der Waals surface area (Å²) in [6.07, 6.45) is 3.56. The molecular formula is C12H24O2. The first-order valence-corrected chi connectivity index (χ1v) is 5.66. The SMILES string of the molecule is COC1(OC)CC(C)CCC1C(C)C. The van der Waals surface area contributed by atoms with Crippen molar-refractivity contribution in [2.45, 2.75) is 45.8 Å². The summed E-state index contributed by atoms with van der Waals surface area (Å²) >= 11 is 0. The van der Waals surface area contributed by atoms with Crippen LogP contribution in [0.4, 0.5) is 0 Å². The van der Waals surface area contributed by atoms with Crippen LogP contribution in [0.5, 0.6) is 0 Å². The van der Waals surface area contributed by atoms with Crippen LogP contribution in [0.15, 0.2) is 0 Å². The van der Waals surface area contributed by atoms with Crippen molar-refractivity contribution in [2.24, 2.45) is 17.8 Å². The average Bonchev–Trinajstić information content (AvgIpc) is 2.16. The number of rotatable bonds is 3. The molecule has 14 heavy (non-hydrogen) atoms. The number of ether oxygens (including phenoxy) is 2. The highest BCUT2D eigenvalue weighted by molar-refractivity contribution is 4.88. The summed E-state index contributed by atoms with van der Waals surface area (Å²) in [6.45, 7) is 6.80. The van der Waals surface area contributed by atoms with E-state index in [-0.39, 0.29) is 5.79 Å². The van der Waals surface area contributed by atoms with Gasteiger partial charge in [-0.3, -0.25) is 0 Å². The van der Waals surface area contributed by atoms with E-state index < -0.39 is 0 Å². The molecule has 1 aliphatic carbocycles. The van der Waals surface area contributed by atoms with Crippen LogP contribution in [-0.2, 0) is 9.47 Å². The molecule has 0 aromatic carbocycles. The molecule has 1 fully saturated rings. The Bertz CT molecular complexity index is 173. The van der Waals surface area contributed by atoms with Crippen molar-refractivity contribution in [1.29, 1.82) is 0 Å². The standard InChI is InChI=1S/C12H24O2/c1-9(2)11-7-6-10(3)8-12(11,13-4)14-5/h9-11H,6-8H2,1-5H3. The molecule has 2 nitrogen and oxygen atoms in total. The lowest BCUT2D eigenvalue weighted by Gasteiger charge is -2.45. The zero-order chi connectivity index (χ0) is 10.8. The van der Waals surface area contributed by atoms with Crippen molar-refractivity contribution >= 4 is 0 Å². The van der Waals surface area contributed by atoms with Gasteiger partial charge >= 0.3 is 0 Å². The lowest BCUT2D eigenvalue weighted by atomic mass is 9.73. The first-order chi connectivity index (χ1) is 6.55. The number of methoxy groups -OCH3 is 2. The van der Waals surface area contributed by atoms with Crippen molar-refractivity contribution < 1.29 is 9.47 Å². The zero-order valence-corrected chi connectivity index (χ0v) is 10.2. The molecule has 1 saturated carbocycles. The van der Waals surface area contributed by atoms with Crippen LogP contribution >= 0.6 is 0 Å². The Morgan fingerprint density at radius 3 is 2.14 bits per heavy atom. The summed E-state index contributed by atoms with van der Waals surface area (Å²) in [5.74, 6) is 1.55.